The van der Waals surface area contributed by atoms with Crippen LogP contribution < -0.4 is 4.74 Å². The second-order valence-corrected chi connectivity index (χ2v) is 8.33. The third-order valence-corrected chi connectivity index (χ3v) is 6.26. The molecular formula is C24H28ClN3O. The van der Waals surface area contributed by atoms with E-state index in [-0.39, 0.29) is 0 Å². The summed E-state index contributed by atoms with van der Waals surface area (Å²) < 4.78 is 5.29. The van der Waals surface area contributed by atoms with Crippen LogP contribution in [0.3, 0.4) is 0 Å². The smallest absolute Gasteiger partial charge is 0.213 e. The second kappa shape index (κ2) is 9.55. The number of piperidine rings is 1. The molecule has 152 valence electrons. The van der Waals surface area contributed by atoms with Gasteiger partial charge in [0.1, 0.15) is 0 Å². The van der Waals surface area contributed by atoms with Gasteiger partial charge in [0.25, 0.3) is 0 Å². The molecule has 0 radical (unpaired) electrons. The van der Waals surface area contributed by atoms with E-state index in [0.717, 1.165) is 41.4 Å². The Kier molecular flexibility index (Phi) is 6.63. The molecule has 0 N–H and O–H groups in total. The van der Waals surface area contributed by atoms with Gasteiger partial charge in [-0.15, -0.1) is 0 Å². The largest absolute Gasteiger partial charge is 0.481 e. The number of hydrogen-bond acceptors (Lipinski definition) is 4. The molecule has 2 aromatic heterocycles. The number of benzene rings is 1. The molecule has 1 aromatic carbocycles. The average molecular weight is 410 g/mol. The van der Waals surface area contributed by atoms with Crippen LogP contribution in [0.2, 0.25) is 5.02 Å². The average Bonchev–Trinajstić information content (AvgIpc) is 2.77. The fourth-order valence-corrected chi connectivity index (χ4v) is 4.30. The summed E-state index contributed by atoms with van der Waals surface area (Å²) in [6.45, 7) is 3.44. The Labute approximate surface area is 177 Å². The number of aryl methyl sites for hydroxylation is 1. The van der Waals surface area contributed by atoms with E-state index in [1.807, 2.05) is 30.5 Å². The number of nitrogens with zero attached hydrogens (tertiary/aromatic N) is 3. The molecule has 3 aromatic rings. The van der Waals surface area contributed by atoms with Gasteiger partial charge >= 0.3 is 0 Å². The first kappa shape index (κ1) is 20.1. The molecule has 0 unspecified atom stereocenters. The summed E-state index contributed by atoms with van der Waals surface area (Å²) in [5.74, 6) is 1.47. The van der Waals surface area contributed by atoms with Crippen molar-refractivity contribution < 1.29 is 4.74 Å². The summed E-state index contributed by atoms with van der Waals surface area (Å²) in [4.78, 5) is 11.6. The van der Waals surface area contributed by atoms with Crippen LogP contribution >= 0.6 is 11.6 Å². The number of pyridine rings is 2. The van der Waals surface area contributed by atoms with Gasteiger partial charge in [-0.3, -0.25) is 4.98 Å². The molecule has 0 aliphatic carbocycles. The molecular weight excluding hydrogens is 382 g/mol. The van der Waals surface area contributed by atoms with Crippen LogP contribution in [0.5, 0.6) is 5.88 Å². The van der Waals surface area contributed by atoms with E-state index in [1.54, 1.807) is 7.11 Å². The van der Waals surface area contributed by atoms with Crippen molar-refractivity contribution in [3.8, 4) is 5.88 Å². The van der Waals surface area contributed by atoms with Crippen molar-refractivity contribution in [3.05, 3.63) is 64.8 Å². The molecule has 4 nitrogen and oxygen atoms in total. The van der Waals surface area contributed by atoms with Crippen molar-refractivity contribution in [1.82, 2.24) is 14.9 Å². The zero-order valence-corrected chi connectivity index (χ0v) is 17.7. The summed E-state index contributed by atoms with van der Waals surface area (Å²) in [6.07, 6.45) is 7.88. The standard InChI is InChI=1S/C24H28ClN3O/c1-29-23-9-8-22-24(27-23)20(10-14-26-22)13-17-28-15-11-19(12-16-28)3-2-18-4-6-21(25)7-5-18/h4-10,14,19H,2-3,11-13,15-17H2,1H3. The molecule has 0 bridgehead atoms. The van der Waals surface area contributed by atoms with Crippen molar-refractivity contribution in [1.29, 1.82) is 0 Å². The van der Waals surface area contributed by atoms with Crippen LogP contribution in [-0.4, -0.2) is 41.6 Å². The molecule has 1 aliphatic rings. The second-order valence-electron chi connectivity index (χ2n) is 7.89. The fourth-order valence-electron chi connectivity index (χ4n) is 4.18. The van der Waals surface area contributed by atoms with Crippen molar-refractivity contribution in [2.75, 3.05) is 26.7 Å². The number of likely N-dealkylation sites (tertiary alicyclic amines) is 1. The molecule has 1 saturated heterocycles. The predicted molar refractivity (Wildman–Crippen MR) is 119 cm³/mol. The zero-order chi connectivity index (χ0) is 20.1. The molecule has 0 spiro atoms. The van der Waals surface area contributed by atoms with Crippen LogP contribution in [0.25, 0.3) is 11.0 Å². The van der Waals surface area contributed by atoms with E-state index in [0.29, 0.717) is 5.88 Å². The van der Waals surface area contributed by atoms with Gasteiger partial charge in [-0.25, -0.2) is 4.98 Å². The van der Waals surface area contributed by atoms with Crippen molar-refractivity contribution in [3.63, 3.8) is 0 Å². The van der Waals surface area contributed by atoms with E-state index < -0.39 is 0 Å². The lowest BCUT2D eigenvalue weighted by Gasteiger charge is -2.32. The normalized spacial score (nSPS) is 15.7. The van der Waals surface area contributed by atoms with E-state index in [4.69, 9.17) is 16.3 Å². The van der Waals surface area contributed by atoms with Gasteiger partial charge in [0.15, 0.2) is 0 Å². The van der Waals surface area contributed by atoms with Crippen LogP contribution in [0.4, 0.5) is 0 Å². The van der Waals surface area contributed by atoms with E-state index >= 15 is 0 Å². The van der Waals surface area contributed by atoms with Gasteiger partial charge in [0.2, 0.25) is 5.88 Å². The quantitative estimate of drug-likeness (QED) is 0.539. The minimum atomic E-state index is 0.647. The van der Waals surface area contributed by atoms with Crippen LogP contribution in [-0.2, 0) is 12.8 Å². The lowest BCUT2D eigenvalue weighted by atomic mass is 9.90. The van der Waals surface area contributed by atoms with E-state index in [9.17, 15) is 0 Å². The van der Waals surface area contributed by atoms with Gasteiger partial charge < -0.3 is 9.64 Å². The van der Waals surface area contributed by atoms with Gasteiger partial charge in [-0.1, -0.05) is 23.7 Å². The number of rotatable bonds is 7. The number of ether oxygens (including phenoxy) is 1. The third-order valence-electron chi connectivity index (χ3n) is 6.01. The molecule has 5 heteroatoms. The summed E-state index contributed by atoms with van der Waals surface area (Å²) in [5, 5.41) is 0.817. The molecule has 0 saturated carbocycles. The molecule has 1 fully saturated rings. The molecule has 1 aliphatic heterocycles. The Bertz CT molecular complexity index is 937. The number of halogens is 1. The molecule has 4 rings (SSSR count). The highest BCUT2D eigenvalue weighted by Gasteiger charge is 2.19. The maximum Gasteiger partial charge on any atom is 0.213 e. The highest BCUT2D eigenvalue weighted by molar-refractivity contribution is 6.30. The number of aromatic nitrogens is 2. The van der Waals surface area contributed by atoms with Crippen LogP contribution in [0, 0.1) is 5.92 Å². The van der Waals surface area contributed by atoms with Gasteiger partial charge in [0, 0.05) is 23.8 Å². The Balaban J connectivity index is 1.27. The number of fused-ring (bicyclic) bond motifs is 1. The van der Waals surface area contributed by atoms with Crippen molar-refractivity contribution in [2.24, 2.45) is 5.92 Å². The summed E-state index contributed by atoms with van der Waals surface area (Å²) in [6, 6.07) is 14.2. The van der Waals surface area contributed by atoms with Crippen LogP contribution in [0.15, 0.2) is 48.7 Å². The van der Waals surface area contributed by atoms with Gasteiger partial charge in [0.05, 0.1) is 18.1 Å². The Morgan fingerprint density at radius 2 is 1.83 bits per heavy atom. The summed E-state index contributed by atoms with van der Waals surface area (Å²) in [5.41, 5.74) is 4.54. The lowest BCUT2D eigenvalue weighted by Crippen LogP contribution is -2.35. The van der Waals surface area contributed by atoms with Gasteiger partial charge in [-0.05, 0) is 86.5 Å². The minimum Gasteiger partial charge on any atom is -0.481 e. The summed E-state index contributed by atoms with van der Waals surface area (Å²) >= 11 is 5.98. The Morgan fingerprint density at radius 1 is 1.03 bits per heavy atom. The van der Waals surface area contributed by atoms with Crippen molar-refractivity contribution >= 4 is 22.6 Å². The van der Waals surface area contributed by atoms with Crippen molar-refractivity contribution in [2.45, 2.75) is 32.1 Å². The predicted octanol–water partition coefficient (Wildman–Crippen LogP) is 5.18. The monoisotopic (exact) mass is 409 g/mol. The van der Waals surface area contributed by atoms with Crippen LogP contribution in [0.1, 0.15) is 30.4 Å². The SMILES string of the molecule is COc1ccc2nccc(CCN3CCC(CCc4ccc(Cl)cc4)CC3)c2n1. The highest BCUT2D eigenvalue weighted by Crippen LogP contribution is 2.24. The lowest BCUT2D eigenvalue weighted by molar-refractivity contribution is 0.181. The Morgan fingerprint density at radius 3 is 2.59 bits per heavy atom. The molecule has 3 heterocycles. The molecule has 0 amide bonds. The summed E-state index contributed by atoms with van der Waals surface area (Å²) in [7, 11) is 1.65. The van der Waals surface area contributed by atoms with Gasteiger partial charge in [-0.2, -0.15) is 0 Å². The maximum atomic E-state index is 5.98. The minimum absolute atomic E-state index is 0.647. The molecule has 29 heavy (non-hydrogen) atoms. The first-order chi connectivity index (χ1) is 14.2. The highest BCUT2D eigenvalue weighted by atomic mass is 35.5. The number of methoxy groups -OCH3 is 1. The van der Waals surface area contributed by atoms with E-state index in [1.165, 1.54) is 43.5 Å². The molecule has 0 atom stereocenters. The Hall–Kier alpha value is -2.17. The first-order valence-corrected chi connectivity index (χ1v) is 10.8. The number of hydrogen-bond donors (Lipinski definition) is 0. The fraction of sp³-hybridized carbons (Fsp3) is 0.417. The maximum absolute atomic E-state index is 5.98. The third kappa shape index (κ3) is 5.26. The zero-order valence-electron chi connectivity index (χ0n) is 17.0. The topological polar surface area (TPSA) is 38.2 Å². The van der Waals surface area contributed by atoms with E-state index in [2.05, 4.69) is 33.1 Å². The first-order valence-electron chi connectivity index (χ1n) is 10.5.